The van der Waals surface area contributed by atoms with E-state index in [1.54, 1.807) is 18.2 Å². The highest BCUT2D eigenvalue weighted by Crippen LogP contribution is 2.32. The lowest BCUT2D eigenvalue weighted by Crippen LogP contribution is -1.97. The van der Waals surface area contributed by atoms with E-state index in [0.717, 1.165) is 15.6 Å². The molecular formula is C14H10BrCl2F. The Bertz CT molecular complexity index is 557. The van der Waals surface area contributed by atoms with Gasteiger partial charge in [-0.25, -0.2) is 4.39 Å². The SMILES string of the molecule is Fc1cccc(CC(Cl)c2ccc(Cl)cc2Br)c1. The van der Waals surface area contributed by atoms with E-state index in [0.29, 0.717) is 11.4 Å². The van der Waals surface area contributed by atoms with Crippen molar-refractivity contribution in [1.82, 2.24) is 0 Å². The van der Waals surface area contributed by atoms with E-state index in [4.69, 9.17) is 23.2 Å². The fourth-order valence-electron chi connectivity index (χ4n) is 1.74. The van der Waals surface area contributed by atoms with Crippen molar-refractivity contribution in [2.45, 2.75) is 11.8 Å². The average Bonchev–Trinajstić information content (AvgIpc) is 2.28. The van der Waals surface area contributed by atoms with Crippen LogP contribution in [0.1, 0.15) is 16.5 Å². The van der Waals surface area contributed by atoms with Crippen LogP contribution in [0.2, 0.25) is 5.02 Å². The molecule has 0 aliphatic rings. The summed E-state index contributed by atoms with van der Waals surface area (Å²) in [6.45, 7) is 0. The molecule has 0 bridgehead atoms. The fraction of sp³-hybridized carbons (Fsp3) is 0.143. The van der Waals surface area contributed by atoms with E-state index >= 15 is 0 Å². The smallest absolute Gasteiger partial charge is 0.123 e. The molecule has 0 heterocycles. The third kappa shape index (κ3) is 3.47. The number of hydrogen-bond donors (Lipinski definition) is 0. The third-order valence-corrected chi connectivity index (χ3v) is 3.92. The van der Waals surface area contributed by atoms with Gasteiger partial charge in [-0.15, -0.1) is 11.6 Å². The Labute approximate surface area is 124 Å². The van der Waals surface area contributed by atoms with E-state index in [1.165, 1.54) is 12.1 Å². The maximum absolute atomic E-state index is 13.1. The molecule has 0 spiro atoms. The molecule has 0 N–H and O–H groups in total. The number of hydrogen-bond acceptors (Lipinski definition) is 0. The molecule has 94 valence electrons. The van der Waals surface area contributed by atoms with E-state index in [-0.39, 0.29) is 11.2 Å². The molecular weight excluding hydrogens is 338 g/mol. The predicted molar refractivity (Wildman–Crippen MR) is 77.9 cm³/mol. The lowest BCUT2D eigenvalue weighted by Gasteiger charge is -2.12. The van der Waals surface area contributed by atoms with Crippen LogP contribution in [0.25, 0.3) is 0 Å². The van der Waals surface area contributed by atoms with E-state index in [1.807, 2.05) is 12.1 Å². The molecule has 0 fully saturated rings. The van der Waals surface area contributed by atoms with Gasteiger partial charge in [0.25, 0.3) is 0 Å². The second kappa shape index (κ2) is 6.05. The second-order valence-corrected chi connectivity index (χ2v) is 5.79. The molecule has 2 aromatic carbocycles. The number of halogens is 4. The zero-order chi connectivity index (χ0) is 13.1. The Morgan fingerprint density at radius 3 is 2.61 bits per heavy atom. The minimum atomic E-state index is -0.244. The van der Waals surface area contributed by atoms with Gasteiger partial charge in [-0.3, -0.25) is 0 Å². The summed E-state index contributed by atoms with van der Waals surface area (Å²) in [4.78, 5) is 0. The Morgan fingerprint density at radius 2 is 1.94 bits per heavy atom. The Morgan fingerprint density at radius 1 is 1.17 bits per heavy atom. The minimum Gasteiger partial charge on any atom is -0.207 e. The molecule has 2 aromatic rings. The summed E-state index contributed by atoms with van der Waals surface area (Å²) in [6.07, 6.45) is 0.569. The van der Waals surface area contributed by atoms with Crippen LogP contribution in [0.5, 0.6) is 0 Å². The first-order chi connectivity index (χ1) is 8.56. The predicted octanol–water partition coefficient (Wildman–Crippen LogP) is 5.76. The van der Waals surface area contributed by atoms with Crippen molar-refractivity contribution >= 4 is 39.1 Å². The van der Waals surface area contributed by atoms with Crippen LogP contribution >= 0.6 is 39.1 Å². The first kappa shape index (κ1) is 13.9. The Hall–Kier alpha value is -0.570. The topological polar surface area (TPSA) is 0 Å². The lowest BCUT2D eigenvalue weighted by atomic mass is 10.0. The zero-order valence-electron chi connectivity index (χ0n) is 9.34. The standard InChI is InChI=1S/C14H10BrCl2F/c15-13-8-10(16)4-5-12(13)14(17)7-9-2-1-3-11(18)6-9/h1-6,8,14H,7H2. The van der Waals surface area contributed by atoms with E-state index in [2.05, 4.69) is 15.9 Å². The van der Waals surface area contributed by atoms with Crippen molar-refractivity contribution in [2.24, 2.45) is 0 Å². The largest absolute Gasteiger partial charge is 0.207 e. The Kier molecular flexibility index (Phi) is 4.66. The summed E-state index contributed by atoms with van der Waals surface area (Å²) >= 11 is 15.7. The van der Waals surface area contributed by atoms with E-state index in [9.17, 15) is 4.39 Å². The summed E-state index contributed by atoms with van der Waals surface area (Å²) in [5.41, 5.74) is 1.82. The van der Waals surface area contributed by atoms with Gasteiger partial charge in [0.05, 0.1) is 5.38 Å². The molecule has 1 atom stereocenters. The molecule has 0 saturated heterocycles. The summed E-state index contributed by atoms with van der Waals surface area (Å²) < 4.78 is 13.9. The molecule has 1 unspecified atom stereocenters. The van der Waals surface area contributed by atoms with Gasteiger partial charge in [0, 0.05) is 9.50 Å². The van der Waals surface area contributed by atoms with Gasteiger partial charge in [0.2, 0.25) is 0 Å². The van der Waals surface area contributed by atoms with Crippen molar-refractivity contribution in [3.8, 4) is 0 Å². The third-order valence-electron chi connectivity index (χ3n) is 2.60. The summed E-state index contributed by atoms with van der Waals surface area (Å²) in [5.74, 6) is -0.244. The number of rotatable bonds is 3. The average molecular weight is 348 g/mol. The molecule has 0 aromatic heterocycles. The van der Waals surface area contributed by atoms with Gasteiger partial charge < -0.3 is 0 Å². The lowest BCUT2D eigenvalue weighted by molar-refractivity contribution is 0.625. The minimum absolute atomic E-state index is 0.224. The monoisotopic (exact) mass is 346 g/mol. The van der Waals surface area contributed by atoms with Crippen LogP contribution in [0.3, 0.4) is 0 Å². The highest BCUT2D eigenvalue weighted by Gasteiger charge is 2.13. The fourth-order valence-corrected chi connectivity index (χ4v) is 3.20. The molecule has 0 aliphatic carbocycles. The van der Waals surface area contributed by atoms with Gasteiger partial charge in [-0.1, -0.05) is 45.7 Å². The van der Waals surface area contributed by atoms with Crippen molar-refractivity contribution in [1.29, 1.82) is 0 Å². The van der Waals surface area contributed by atoms with Crippen LogP contribution < -0.4 is 0 Å². The van der Waals surface area contributed by atoms with Gasteiger partial charge in [0.1, 0.15) is 5.82 Å². The number of alkyl halides is 1. The molecule has 0 nitrogen and oxygen atoms in total. The maximum Gasteiger partial charge on any atom is 0.123 e. The maximum atomic E-state index is 13.1. The zero-order valence-corrected chi connectivity index (χ0v) is 12.4. The van der Waals surface area contributed by atoms with Crippen molar-refractivity contribution in [3.63, 3.8) is 0 Å². The molecule has 18 heavy (non-hydrogen) atoms. The highest BCUT2D eigenvalue weighted by atomic mass is 79.9. The van der Waals surface area contributed by atoms with Crippen molar-refractivity contribution < 1.29 is 4.39 Å². The first-order valence-corrected chi connectivity index (χ1v) is 7.00. The van der Waals surface area contributed by atoms with Crippen molar-refractivity contribution in [3.05, 3.63) is 68.9 Å². The van der Waals surface area contributed by atoms with Gasteiger partial charge >= 0.3 is 0 Å². The molecule has 0 saturated carbocycles. The van der Waals surface area contributed by atoms with Crippen LogP contribution in [0, 0.1) is 5.82 Å². The van der Waals surface area contributed by atoms with Crippen LogP contribution in [-0.4, -0.2) is 0 Å². The summed E-state index contributed by atoms with van der Waals surface area (Å²) in [5, 5.41) is 0.429. The number of benzene rings is 2. The molecule has 4 heteroatoms. The Balaban J connectivity index is 2.19. The summed E-state index contributed by atoms with van der Waals surface area (Å²) in [7, 11) is 0. The first-order valence-electron chi connectivity index (χ1n) is 5.40. The van der Waals surface area contributed by atoms with Crippen LogP contribution in [-0.2, 0) is 6.42 Å². The van der Waals surface area contributed by atoms with Gasteiger partial charge in [-0.2, -0.15) is 0 Å². The van der Waals surface area contributed by atoms with Crippen molar-refractivity contribution in [2.75, 3.05) is 0 Å². The molecule has 0 radical (unpaired) electrons. The van der Waals surface area contributed by atoms with Crippen LogP contribution in [0.15, 0.2) is 46.9 Å². The second-order valence-electron chi connectivity index (χ2n) is 3.97. The molecule has 0 amide bonds. The highest BCUT2D eigenvalue weighted by molar-refractivity contribution is 9.10. The molecule has 0 aliphatic heterocycles. The van der Waals surface area contributed by atoms with Gasteiger partial charge in [0.15, 0.2) is 0 Å². The van der Waals surface area contributed by atoms with Gasteiger partial charge in [-0.05, 0) is 41.8 Å². The van der Waals surface area contributed by atoms with E-state index < -0.39 is 0 Å². The van der Waals surface area contributed by atoms with Crippen LogP contribution in [0.4, 0.5) is 4.39 Å². The normalized spacial score (nSPS) is 12.4. The quantitative estimate of drug-likeness (QED) is 0.619. The molecule has 2 rings (SSSR count). The summed E-state index contributed by atoms with van der Waals surface area (Å²) in [6, 6.07) is 11.9.